The lowest BCUT2D eigenvalue weighted by molar-refractivity contribution is -0.385. The number of ether oxygens (including phenoxy) is 1. The SMILES string of the molecule is O=C(c1ccccc1[N+](=O)[O-])N1CC(Oc2cc(C(F)(F)F)ccn2)C1. The molecule has 3 rings (SSSR count). The maximum Gasteiger partial charge on any atom is 0.416 e. The normalized spacial score (nSPS) is 14.7. The Kier molecular flexibility index (Phi) is 4.49. The second-order valence-electron chi connectivity index (χ2n) is 5.60. The molecule has 0 unspecified atom stereocenters. The molecule has 1 aromatic heterocycles. The van der Waals surface area contributed by atoms with Gasteiger partial charge in [-0.05, 0) is 12.1 Å². The van der Waals surface area contributed by atoms with E-state index in [1.807, 2.05) is 0 Å². The summed E-state index contributed by atoms with van der Waals surface area (Å²) < 4.78 is 43.3. The number of nitro groups is 1. The Hall–Kier alpha value is -3.17. The molecule has 10 heteroatoms. The van der Waals surface area contributed by atoms with Crippen molar-refractivity contribution in [2.24, 2.45) is 0 Å². The van der Waals surface area contributed by atoms with Crippen molar-refractivity contribution in [3.05, 3.63) is 63.8 Å². The zero-order valence-corrected chi connectivity index (χ0v) is 13.1. The van der Waals surface area contributed by atoms with Gasteiger partial charge in [-0.2, -0.15) is 13.2 Å². The van der Waals surface area contributed by atoms with Gasteiger partial charge in [0.1, 0.15) is 11.7 Å². The van der Waals surface area contributed by atoms with Crippen LogP contribution >= 0.6 is 0 Å². The third-order valence-electron chi connectivity index (χ3n) is 3.82. The fourth-order valence-corrected chi connectivity index (χ4v) is 2.48. The van der Waals surface area contributed by atoms with Crippen LogP contribution in [-0.4, -0.2) is 39.9 Å². The molecule has 1 aliphatic heterocycles. The third kappa shape index (κ3) is 3.58. The van der Waals surface area contributed by atoms with Crippen molar-refractivity contribution < 1.29 is 27.6 Å². The maximum absolute atomic E-state index is 12.7. The van der Waals surface area contributed by atoms with Crippen molar-refractivity contribution in [2.45, 2.75) is 12.3 Å². The topological polar surface area (TPSA) is 85.6 Å². The van der Waals surface area contributed by atoms with Crippen molar-refractivity contribution in [3.8, 4) is 5.88 Å². The molecule has 136 valence electrons. The van der Waals surface area contributed by atoms with Crippen molar-refractivity contribution in [3.63, 3.8) is 0 Å². The predicted molar refractivity (Wildman–Crippen MR) is 82.7 cm³/mol. The average Bonchev–Trinajstić information content (AvgIpc) is 2.56. The van der Waals surface area contributed by atoms with E-state index in [9.17, 15) is 28.1 Å². The molecule has 7 nitrogen and oxygen atoms in total. The largest absolute Gasteiger partial charge is 0.471 e. The van der Waals surface area contributed by atoms with Crippen LogP contribution < -0.4 is 4.74 Å². The van der Waals surface area contributed by atoms with Crippen LogP contribution in [0.25, 0.3) is 0 Å². The van der Waals surface area contributed by atoms with E-state index < -0.39 is 28.7 Å². The number of rotatable bonds is 4. The molecule has 0 radical (unpaired) electrons. The summed E-state index contributed by atoms with van der Waals surface area (Å²) >= 11 is 0. The van der Waals surface area contributed by atoms with Gasteiger partial charge in [-0.3, -0.25) is 14.9 Å². The molecule has 1 amide bonds. The second-order valence-corrected chi connectivity index (χ2v) is 5.60. The standard InChI is InChI=1S/C16H12F3N3O4/c17-16(18,19)10-5-6-20-14(7-10)26-11-8-21(9-11)15(23)12-3-1-2-4-13(12)22(24)25/h1-7,11H,8-9H2. The van der Waals surface area contributed by atoms with E-state index in [4.69, 9.17) is 4.74 Å². The number of likely N-dealkylation sites (tertiary alicyclic amines) is 1. The Morgan fingerprint density at radius 1 is 1.27 bits per heavy atom. The van der Waals surface area contributed by atoms with Gasteiger partial charge < -0.3 is 9.64 Å². The summed E-state index contributed by atoms with van der Waals surface area (Å²) in [5.74, 6) is -0.725. The van der Waals surface area contributed by atoms with Crippen LogP contribution in [0.3, 0.4) is 0 Å². The van der Waals surface area contributed by atoms with Crippen molar-refractivity contribution in [1.29, 1.82) is 0 Å². The number of hydrogen-bond donors (Lipinski definition) is 0. The molecule has 1 aliphatic rings. The minimum atomic E-state index is -4.51. The number of benzene rings is 1. The highest BCUT2D eigenvalue weighted by Gasteiger charge is 2.36. The quantitative estimate of drug-likeness (QED) is 0.613. The van der Waals surface area contributed by atoms with Gasteiger partial charge in [0.05, 0.1) is 23.6 Å². The van der Waals surface area contributed by atoms with E-state index in [0.717, 1.165) is 18.3 Å². The number of carbonyl (C=O) groups excluding carboxylic acids is 1. The smallest absolute Gasteiger partial charge is 0.416 e. The number of amides is 1. The van der Waals surface area contributed by atoms with Crippen LogP contribution in [0, 0.1) is 10.1 Å². The third-order valence-corrected chi connectivity index (χ3v) is 3.82. The molecule has 2 heterocycles. The molecule has 2 aromatic rings. The molecular weight excluding hydrogens is 355 g/mol. The minimum absolute atomic E-state index is 0.0480. The number of aromatic nitrogens is 1. The van der Waals surface area contributed by atoms with E-state index in [0.29, 0.717) is 0 Å². The molecular formula is C16H12F3N3O4. The van der Waals surface area contributed by atoms with Gasteiger partial charge in [0.25, 0.3) is 11.6 Å². The van der Waals surface area contributed by atoms with E-state index in [2.05, 4.69) is 4.98 Å². The molecule has 0 aliphatic carbocycles. The molecule has 0 bridgehead atoms. The number of pyridine rings is 1. The lowest BCUT2D eigenvalue weighted by Gasteiger charge is -2.38. The summed E-state index contributed by atoms with van der Waals surface area (Å²) in [5.41, 5.74) is -1.23. The van der Waals surface area contributed by atoms with Crippen LogP contribution in [0.5, 0.6) is 5.88 Å². The highest BCUT2D eigenvalue weighted by molar-refractivity contribution is 5.98. The van der Waals surface area contributed by atoms with Crippen molar-refractivity contribution in [1.82, 2.24) is 9.88 Å². The van der Waals surface area contributed by atoms with Crippen molar-refractivity contribution >= 4 is 11.6 Å². The molecule has 1 aromatic carbocycles. The number of hydrogen-bond acceptors (Lipinski definition) is 5. The van der Waals surface area contributed by atoms with Crippen LogP contribution in [0.2, 0.25) is 0 Å². The Morgan fingerprint density at radius 3 is 2.62 bits per heavy atom. The van der Waals surface area contributed by atoms with Gasteiger partial charge in [0.15, 0.2) is 0 Å². The van der Waals surface area contributed by atoms with Crippen LogP contribution in [-0.2, 0) is 6.18 Å². The first-order chi connectivity index (χ1) is 12.3. The molecule has 26 heavy (non-hydrogen) atoms. The molecule has 0 saturated carbocycles. The summed E-state index contributed by atoms with van der Waals surface area (Å²) in [6.45, 7) is 0.200. The van der Waals surface area contributed by atoms with Gasteiger partial charge in [0.2, 0.25) is 5.88 Å². The van der Waals surface area contributed by atoms with E-state index in [-0.39, 0.29) is 30.2 Å². The highest BCUT2D eigenvalue weighted by atomic mass is 19.4. The number of nitrogens with zero attached hydrogens (tertiary/aromatic N) is 3. The summed E-state index contributed by atoms with van der Waals surface area (Å²) in [6, 6.07) is 7.16. The van der Waals surface area contributed by atoms with Gasteiger partial charge in [0, 0.05) is 18.3 Å². The maximum atomic E-state index is 12.7. The predicted octanol–water partition coefficient (Wildman–Crippen LogP) is 2.91. The van der Waals surface area contributed by atoms with Crippen LogP contribution in [0.15, 0.2) is 42.6 Å². The first-order valence-electron chi connectivity index (χ1n) is 7.48. The number of para-hydroxylation sites is 1. The number of alkyl halides is 3. The Balaban J connectivity index is 1.63. The fourth-order valence-electron chi connectivity index (χ4n) is 2.48. The summed E-state index contributed by atoms with van der Waals surface area (Å²) in [7, 11) is 0. The molecule has 0 N–H and O–H groups in total. The Morgan fingerprint density at radius 2 is 1.96 bits per heavy atom. The molecule has 1 fully saturated rings. The summed E-state index contributed by atoms with van der Waals surface area (Å²) in [4.78, 5) is 27.7. The first kappa shape index (κ1) is 17.6. The molecule has 1 saturated heterocycles. The first-order valence-corrected chi connectivity index (χ1v) is 7.48. The van der Waals surface area contributed by atoms with Gasteiger partial charge in [-0.15, -0.1) is 0 Å². The van der Waals surface area contributed by atoms with E-state index in [1.165, 1.54) is 29.2 Å². The minimum Gasteiger partial charge on any atom is -0.471 e. The van der Waals surface area contributed by atoms with E-state index >= 15 is 0 Å². The Bertz CT molecular complexity index is 851. The second kappa shape index (κ2) is 6.62. The average molecular weight is 367 g/mol. The number of halogens is 3. The lowest BCUT2D eigenvalue weighted by Crippen LogP contribution is -2.56. The fraction of sp³-hybridized carbons (Fsp3) is 0.250. The molecule has 0 atom stereocenters. The summed E-state index contributed by atoms with van der Waals surface area (Å²) in [6.07, 6.45) is -4.04. The van der Waals surface area contributed by atoms with Crippen molar-refractivity contribution in [2.75, 3.05) is 13.1 Å². The zero-order chi connectivity index (χ0) is 18.9. The zero-order valence-electron chi connectivity index (χ0n) is 13.1. The lowest BCUT2D eigenvalue weighted by atomic mass is 10.1. The van der Waals surface area contributed by atoms with Gasteiger partial charge in [-0.1, -0.05) is 12.1 Å². The number of nitro benzene ring substituents is 1. The van der Waals surface area contributed by atoms with Crippen LogP contribution in [0.1, 0.15) is 15.9 Å². The van der Waals surface area contributed by atoms with Gasteiger partial charge >= 0.3 is 6.18 Å². The monoisotopic (exact) mass is 367 g/mol. The number of carbonyl (C=O) groups is 1. The van der Waals surface area contributed by atoms with Gasteiger partial charge in [-0.25, -0.2) is 4.98 Å². The van der Waals surface area contributed by atoms with E-state index in [1.54, 1.807) is 0 Å². The summed E-state index contributed by atoms with van der Waals surface area (Å²) in [5, 5.41) is 11.0. The van der Waals surface area contributed by atoms with Crippen LogP contribution in [0.4, 0.5) is 18.9 Å². The Labute approximate surface area is 145 Å². The highest BCUT2D eigenvalue weighted by Crippen LogP contribution is 2.31. The molecule has 0 spiro atoms.